The number of methoxy groups -OCH3 is 3. The Labute approximate surface area is 421 Å². The predicted octanol–water partition coefficient (Wildman–Crippen LogP) is 6.42. The van der Waals surface area contributed by atoms with Crippen LogP contribution in [0.5, 0.6) is 11.5 Å². The molecule has 0 bridgehead atoms. The number of likely N-dealkylation sites (tertiary alicyclic amines) is 2. The summed E-state index contributed by atoms with van der Waals surface area (Å²) < 4.78 is 30.9. The minimum Gasteiger partial charge on any atom is -0.494 e. The van der Waals surface area contributed by atoms with Crippen LogP contribution in [0.1, 0.15) is 102 Å². The molecule has 72 heavy (non-hydrogen) atoms. The highest BCUT2D eigenvalue weighted by atomic mass is 16.6. The molecular weight excluding hydrogens is 919 g/mol. The molecule has 0 saturated carbocycles. The van der Waals surface area contributed by atoms with Gasteiger partial charge in [0.25, 0.3) is 0 Å². The van der Waals surface area contributed by atoms with Crippen molar-refractivity contribution in [2.75, 3.05) is 47.6 Å². The molecular formula is C54H71N9O9. The fraction of sp³-hybridized carbons (Fsp3) is 0.519. The molecule has 18 heteroatoms. The van der Waals surface area contributed by atoms with E-state index >= 15 is 0 Å². The number of rotatable bonds is 23. The van der Waals surface area contributed by atoms with Gasteiger partial charge in [-0.1, -0.05) is 58.0 Å². The first-order valence-electron chi connectivity index (χ1n) is 25.3. The third-order valence-electron chi connectivity index (χ3n) is 14.5. The van der Waals surface area contributed by atoms with Gasteiger partial charge in [0.05, 0.1) is 76.9 Å². The van der Waals surface area contributed by atoms with Gasteiger partial charge in [0.1, 0.15) is 35.6 Å². The van der Waals surface area contributed by atoms with Crippen LogP contribution in [0.15, 0.2) is 67.0 Å². The van der Waals surface area contributed by atoms with Crippen molar-refractivity contribution in [3.8, 4) is 45.3 Å². The van der Waals surface area contributed by atoms with Crippen LogP contribution in [0.25, 0.3) is 44.7 Å². The largest absolute Gasteiger partial charge is 0.494 e. The molecule has 3 aromatic heterocycles. The topological polar surface area (TPSA) is 220 Å². The number of imidazole rings is 2. The van der Waals surface area contributed by atoms with Crippen molar-refractivity contribution in [2.45, 2.75) is 122 Å². The minimum atomic E-state index is -1.20. The van der Waals surface area contributed by atoms with Crippen LogP contribution in [0, 0.1) is 24.0 Å². The zero-order chi connectivity index (χ0) is 50.6. The summed E-state index contributed by atoms with van der Waals surface area (Å²) in [6, 6.07) is 24.3. The lowest BCUT2D eigenvalue weighted by Gasteiger charge is -2.37. The molecule has 386 valence electrons. The molecule has 8 N–H and O–H groups in total. The fourth-order valence-corrected chi connectivity index (χ4v) is 10.6. The molecule has 9 unspecified atom stereocenters. The summed E-state index contributed by atoms with van der Waals surface area (Å²) in [4.78, 5) is 20.9. The monoisotopic (exact) mass is 990 g/mol. The third-order valence-corrected chi connectivity index (χ3v) is 14.5. The number of fused-ring (bicyclic) bond motifs is 5. The van der Waals surface area contributed by atoms with Gasteiger partial charge in [-0.15, -0.1) is 0 Å². The molecule has 0 radical (unpaired) electrons. The molecule has 2 fully saturated rings. The van der Waals surface area contributed by atoms with Crippen LogP contribution in [0.2, 0.25) is 0 Å². The number of aliphatic hydroxyl groups excluding tert-OH is 4. The van der Waals surface area contributed by atoms with E-state index in [1.807, 2.05) is 68.0 Å². The molecule has 0 amide bonds. The Morgan fingerprint density at radius 3 is 2.00 bits per heavy atom. The lowest BCUT2D eigenvalue weighted by Crippen LogP contribution is -2.55. The van der Waals surface area contributed by atoms with Gasteiger partial charge in [-0.2, -0.15) is 0 Å². The molecule has 6 aromatic rings. The Balaban J connectivity index is 1.02. The van der Waals surface area contributed by atoms with E-state index in [1.165, 1.54) is 14.2 Å². The normalized spacial score (nSPS) is 20.8. The van der Waals surface area contributed by atoms with E-state index in [0.29, 0.717) is 32.1 Å². The Hall–Kier alpha value is -5.40. The number of hydrogen-bond acceptors (Lipinski definition) is 15. The quantitative estimate of drug-likeness (QED) is 0.0257. The summed E-state index contributed by atoms with van der Waals surface area (Å²) >= 11 is 0. The van der Waals surface area contributed by atoms with Gasteiger partial charge in [-0.3, -0.25) is 25.0 Å². The van der Waals surface area contributed by atoms with Crippen LogP contribution in [-0.4, -0.2) is 140 Å². The average molecular weight is 990 g/mol. The Kier molecular flexibility index (Phi) is 16.3. The first-order chi connectivity index (χ1) is 34.9. The van der Waals surface area contributed by atoms with Gasteiger partial charge >= 0.3 is 0 Å². The zero-order valence-corrected chi connectivity index (χ0v) is 42.3. The Morgan fingerprint density at radius 2 is 1.38 bits per heavy atom. The summed E-state index contributed by atoms with van der Waals surface area (Å²) in [5.74, 6) is 2.92. The van der Waals surface area contributed by atoms with E-state index in [-0.39, 0.29) is 23.9 Å². The molecule has 3 aliphatic heterocycles. The van der Waals surface area contributed by atoms with E-state index in [2.05, 4.69) is 67.6 Å². The second-order valence-corrected chi connectivity index (χ2v) is 19.8. The van der Waals surface area contributed by atoms with Gasteiger partial charge < -0.3 is 54.1 Å². The number of nitrogens with one attached hydrogen (secondary N) is 4. The molecule has 0 aliphatic carbocycles. The number of nitrogens with zero attached hydrogens (tertiary/aromatic N) is 5. The van der Waals surface area contributed by atoms with Crippen molar-refractivity contribution in [1.29, 1.82) is 0 Å². The maximum atomic E-state index is 11.6. The van der Waals surface area contributed by atoms with Crippen molar-refractivity contribution in [1.82, 2.24) is 44.9 Å². The van der Waals surface area contributed by atoms with Gasteiger partial charge in [-0.05, 0) is 86.8 Å². The maximum absolute atomic E-state index is 11.6. The molecule has 9 atom stereocenters. The Bertz CT molecular complexity index is 2720. The first kappa shape index (κ1) is 51.5. The standard InChI is InChI=1S/C54H71N9O9/c1-31(2)46(59-53(66)69-6)50(64)61-21-11-15-42(61)48-55-29-39(57-48)33-18-20-41-36(25-33)27-44-38-19-17-34(28-45(38)72-52(63(41)44)35-13-10-14-37(26-35)71-24-9-8-23-68-5)40-30-56-49(58-40)43-16-12-22-62(43)51(65)47(32(3)4)60-54(67)70-7/h10,13-14,18,20,25-32,42-43,46-47,50-54,59-60,64-67H,8-9,11-12,15-16,21-24H2,1-7H3,(H,55,57)(H,56,58). The van der Waals surface area contributed by atoms with Gasteiger partial charge in [-0.25, -0.2) is 9.97 Å². The van der Waals surface area contributed by atoms with Gasteiger partial charge in [0, 0.05) is 57.5 Å². The molecule has 0 spiro atoms. The number of ether oxygens (including phenoxy) is 5. The van der Waals surface area contributed by atoms with Crippen LogP contribution < -0.4 is 20.1 Å². The zero-order valence-electron chi connectivity index (χ0n) is 42.3. The molecule has 6 heterocycles. The Morgan fingerprint density at radius 1 is 0.750 bits per heavy atom. The number of unbranched alkanes of at least 4 members (excludes halogenated alkanes) is 1. The van der Waals surface area contributed by atoms with Crippen LogP contribution in [0.4, 0.5) is 0 Å². The highest BCUT2D eigenvalue weighted by Crippen LogP contribution is 2.46. The van der Waals surface area contributed by atoms with E-state index in [4.69, 9.17) is 33.7 Å². The van der Waals surface area contributed by atoms with Crippen molar-refractivity contribution >= 4 is 10.9 Å². The predicted molar refractivity (Wildman–Crippen MR) is 271 cm³/mol. The maximum Gasteiger partial charge on any atom is 0.213 e. The molecule has 3 aromatic carbocycles. The van der Waals surface area contributed by atoms with Crippen molar-refractivity contribution in [3.05, 3.63) is 96.3 Å². The third kappa shape index (κ3) is 10.8. The van der Waals surface area contributed by atoms with Crippen LogP contribution in [0.3, 0.4) is 0 Å². The number of aromatic amines is 2. The number of aromatic nitrogens is 5. The first-order valence-corrected chi connectivity index (χ1v) is 25.3. The highest BCUT2D eigenvalue weighted by molar-refractivity contribution is 5.92. The molecule has 2 saturated heterocycles. The summed E-state index contributed by atoms with van der Waals surface area (Å²) in [5, 5.41) is 50.7. The highest BCUT2D eigenvalue weighted by Gasteiger charge is 2.40. The summed E-state index contributed by atoms with van der Waals surface area (Å²) in [5.41, 5.74) is 6.86. The van der Waals surface area contributed by atoms with Crippen molar-refractivity contribution < 1.29 is 44.1 Å². The second kappa shape index (κ2) is 22.8. The second-order valence-electron chi connectivity index (χ2n) is 19.8. The molecule has 9 rings (SSSR count). The van der Waals surface area contributed by atoms with Gasteiger partial charge in [0.2, 0.25) is 19.1 Å². The lowest BCUT2D eigenvalue weighted by atomic mass is 10.0. The van der Waals surface area contributed by atoms with Crippen LogP contribution in [-0.2, 0) is 14.2 Å². The van der Waals surface area contributed by atoms with Crippen LogP contribution >= 0.6 is 0 Å². The summed E-state index contributed by atoms with van der Waals surface area (Å²) in [7, 11) is 4.54. The van der Waals surface area contributed by atoms with Gasteiger partial charge in [0.15, 0.2) is 0 Å². The van der Waals surface area contributed by atoms with Crippen molar-refractivity contribution in [2.24, 2.45) is 11.8 Å². The SMILES string of the molecule is COCCCCOc1cccc(C2Oc3cc(-c4cnc(C5CCCN5C(O)C(NC(O)OC)C(C)C)[nH]4)c#cc3-c3cc4cc(-c5cnc(C6CCCN6C(O)C(NC(O)OC)C(C)C)[nH]5)ccc4n32)c1. The lowest BCUT2D eigenvalue weighted by molar-refractivity contribution is -0.132. The van der Waals surface area contributed by atoms with E-state index in [1.54, 1.807) is 13.3 Å². The minimum absolute atomic E-state index is 0.00947. The number of hydrogen-bond donors (Lipinski definition) is 8. The number of benzene rings is 2. The summed E-state index contributed by atoms with van der Waals surface area (Å²) in [6.45, 7) is 10.6. The summed E-state index contributed by atoms with van der Waals surface area (Å²) in [6.07, 6.45) is 4.11. The number of H-pyrrole nitrogens is 2. The van der Waals surface area contributed by atoms with E-state index in [0.717, 1.165) is 106 Å². The molecule has 18 nitrogen and oxygen atoms in total. The van der Waals surface area contributed by atoms with E-state index < -0.39 is 43.6 Å². The fourth-order valence-electron chi connectivity index (χ4n) is 10.6. The van der Waals surface area contributed by atoms with Crippen molar-refractivity contribution in [3.63, 3.8) is 0 Å². The smallest absolute Gasteiger partial charge is 0.213 e. The number of aliphatic hydroxyl groups is 4. The average Bonchev–Trinajstić information content (AvgIpc) is 4.26. The molecule has 3 aliphatic rings. The van der Waals surface area contributed by atoms with E-state index in [9.17, 15) is 20.4 Å².